The van der Waals surface area contributed by atoms with Gasteiger partial charge in [-0.05, 0) is 61.7 Å². The standard InChI is InChI=1S/C15H24/c1-10-7-8-15-9-14(3,4)12(13(10)15)6-5-11(15)2/h11-12H,5-9H2,1-4H3/t11-,12+,15-/m1/s1. The van der Waals surface area contributed by atoms with Crippen molar-refractivity contribution in [2.45, 2.75) is 59.8 Å². The Balaban J connectivity index is 2.17. The number of hydrogen-bond acceptors (Lipinski definition) is 0. The normalized spacial score (nSPS) is 47.2. The van der Waals surface area contributed by atoms with Gasteiger partial charge >= 0.3 is 0 Å². The Labute approximate surface area is 94.1 Å². The van der Waals surface area contributed by atoms with E-state index in [1.165, 1.54) is 32.1 Å². The van der Waals surface area contributed by atoms with Crippen molar-refractivity contribution >= 4 is 0 Å². The summed E-state index contributed by atoms with van der Waals surface area (Å²) in [4.78, 5) is 0. The van der Waals surface area contributed by atoms with Crippen LogP contribution >= 0.6 is 0 Å². The van der Waals surface area contributed by atoms with Gasteiger partial charge in [0.2, 0.25) is 0 Å². The lowest BCUT2D eigenvalue weighted by molar-refractivity contribution is 0.190. The molecule has 0 N–H and O–H groups in total. The van der Waals surface area contributed by atoms with Crippen LogP contribution in [0.2, 0.25) is 0 Å². The van der Waals surface area contributed by atoms with Gasteiger partial charge in [0.15, 0.2) is 0 Å². The van der Waals surface area contributed by atoms with Crippen LogP contribution in [-0.2, 0) is 0 Å². The van der Waals surface area contributed by atoms with Gasteiger partial charge in [-0.15, -0.1) is 0 Å². The molecule has 2 saturated carbocycles. The number of hydrogen-bond donors (Lipinski definition) is 0. The van der Waals surface area contributed by atoms with Gasteiger partial charge in [0, 0.05) is 0 Å². The van der Waals surface area contributed by atoms with Crippen molar-refractivity contribution in [1.82, 2.24) is 0 Å². The Morgan fingerprint density at radius 3 is 2.60 bits per heavy atom. The summed E-state index contributed by atoms with van der Waals surface area (Å²) in [5.74, 6) is 1.87. The zero-order chi connectivity index (χ0) is 10.8. The van der Waals surface area contributed by atoms with Gasteiger partial charge in [0.1, 0.15) is 0 Å². The molecule has 3 rings (SSSR count). The first-order valence-corrected chi connectivity index (χ1v) is 6.67. The summed E-state index contributed by atoms with van der Waals surface area (Å²) in [6.45, 7) is 9.94. The van der Waals surface area contributed by atoms with E-state index in [2.05, 4.69) is 27.7 Å². The molecule has 0 aromatic rings. The van der Waals surface area contributed by atoms with Crippen molar-refractivity contribution < 1.29 is 0 Å². The molecule has 0 amide bonds. The highest BCUT2D eigenvalue weighted by molar-refractivity contribution is 5.38. The summed E-state index contributed by atoms with van der Waals surface area (Å²) < 4.78 is 0. The van der Waals surface area contributed by atoms with Gasteiger partial charge in [-0.25, -0.2) is 0 Å². The van der Waals surface area contributed by atoms with Crippen LogP contribution in [0.5, 0.6) is 0 Å². The predicted octanol–water partition coefficient (Wildman–Crippen LogP) is 4.56. The van der Waals surface area contributed by atoms with E-state index < -0.39 is 0 Å². The Morgan fingerprint density at radius 2 is 1.93 bits per heavy atom. The smallest absolute Gasteiger partial charge is 0.00486 e. The van der Waals surface area contributed by atoms with Crippen LogP contribution in [0.15, 0.2) is 11.1 Å². The van der Waals surface area contributed by atoms with Gasteiger partial charge in [0.25, 0.3) is 0 Å². The molecule has 0 heteroatoms. The van der Waals surface area contributed by atoms with Crippen LogP contribution in [0.25, 0.3) is 0 Å². The van der Waals surface area contributed by atoms with E-state index in [4.69, 9.17) is 0 Å². The zero-order valence-electron chi connectivity index (χ0n) is 10.7. The van der Waals surface area contributed by atoms with E-state index in [1.807, 2.05) is 5.57 Å². The van der Waals surface area contributed by atoms with E-state index in [0.29, 0.717) is 10.8 Å². The lowest BCUT2D eigenvalue weighted by Gasteiger charge is -2.39. The average molecular weight is 204 g/mol. The second-order valence-corrected chi connectivity index (χ2v) is 7.05. The molecule has 0 nitrogen and oxygen atoms in total. The number of allylic oxidation sites excluding steroid dienone is 2. The average Bonchev–Trinajstić information content (AvgIpc) is 2.54. The van der Waals surface area contributed by atoms with Crippen LogP contribution in [0, 0.1) is 22.7 Å². The molecular weight excluding hydrogens is 180 g/mol. The molecule has 15 heavy (non-hydrogen) atoms. The van der Waals surface area contributed by atoms with Crippen molar-refractivity contribution in [1.29, 1.82) is 0 Å². The van der Waals surface area contributed by atoms with Crippen molar-refractivity contribution in [3.63, 3.8) is 0 Å². The first-order chi connectivity index (χ1) is 6.97. The topological polar surface area (TPSA) is 0 Å². The van der Waals surface area contributed by atoms with E-state index in [-0.39, 0.29) is 0 Å². The SMILES string of the molecule is CC1=C2[C@@H]3CC[C@@H](C)[C@@]2(CC1)CC3(C)C. The maximum Gasteiger partial charge on any atom is -0.00486 e. The summed E-state index contributed by atoms with van der Waals surface area (Å²) in [6.07, 6.45) is 7.27. The third kappa shape index (κ3) is 1.04. The molecule has 0 heterocycles. The van der Waals surface area contributed by atoms with Crippen LogP contribution in [0.3, 0.4) is 0 Å². The minimum atomic E-state index is 0.585. The molecule has 3 aliphatic carbocycles. The second-order valence-electron chi connectivity index (χ2n) is 7.05. The Kier molecular flexibility index (Phi) is 1.79. The summed E-state index contributed by atoms with van der Waals surface area (Å²) in [6, 6.07) is 0. The molecule has 2 bridgehead atoms. The highest BCUT2D eigenvalue weighted by atomic mass is 14.6. The highest BCUT2D eigenvalue weighted by Gasteiger charge is 2.59. The fourth-order valence-electron chi connectivity index (χ4n) is 5.17. The molecule has 0 spiro atoms. The maximum absolute atomic E-state index is 2.51. The van der Waals surface area contributed by atoms with Crippen LogP contribution in [0.4, 0.5) is 0 Å². The fraction of sp³-hybridized carbons (Fsp3) is 0.867. The first kappa shape index (κ1) is 9.93. The maximum atomic E-state index is 2.51. The van der Waals surface area contributed by atoms with Gasteiger partial charge in [0.05, 0.1) is 0 Å². The van der Waals surface area contributed by atoms with E-state index in [1.54, 1.807) is 5.57 Å². The number of rotatable bonds is 0. The van der Waals surface area contributed by atoms with E-state index >= 15 is 0 Å². The lowest BCUT2D eigenvalue weighted by Crippen LogP contribution is -2.29. The lowest BCUT2D eigenvalue weighted by atomic mass is 9.66. The summed E-state index contributed by atoms with van der Waals surface area (Å²) >= 11 is 0. The monoisotopic (exact) mass is 204 g/mol. The predicted molar refractivity (Wildman–Crippen MR) is 64.7 cm³/mol. The molecule has 3 atom stereocenters. The van der Waals surface area contributed by atoms with E-state index in [0.717, 1.165) is 11.8 Å². The van der Waals surface area contributed by atoms with Gasteiger partial charge in [-0.2, -0.15) is 0 Å². The molecule has 3 aliphatic rings. The zero-order valence-corrected chi connectivity index (χ0v) is 10.7. The fourth-order valence-corrected chi connectivity index (χ4v) is 5.17. The summed E-state index contributed by atoms with van der Waals surface area (Å²) in [5.41, 5.74) is 4.92. The van der Waals surface area contributed by atoms with Crippen LogP contribution in [0.1, 0.15) is 59.8 Å². The van der Waals surface area contributed by atoms with Gasteiger partial charge in [-0.3, -0.25) is 0 Å². The molecule has 0 aromatic carbocycles. The molecule has 0 aromatic heterocycles. The van der Waals surface area contributed by atoms with Crippen LogP contribution < -0.4 is 0 Å². The van der Waals surface area contributed by atoms with Gasteiger partial charge in [-0.1, -0.05) is 31.9 Å². The summed E-state index contributed by atoms with van der Waals surface area (Å²) in [5, 5.41) is 0. The third-order valence-corrected chi connectivity index (χ3v) is 5.84. The Morgan fingerprint density at radius 1 is 1.20 bits per heavy atom. The second kappa shape index (κ2) is 2.70. The first-order valence-electron chi connectivity index (χ1n) is 6.67. The molecule has 0 unspecified atom stereocenters. The van der Waals surface area contributed by atoms with Gasteiger partial charge < -0.3 is 0 Å². The Hall–Kier alpha value is -0.260. The highest BCUT2D eigenvalue weighted by Crippen LogP contribution is 2.70. The molecule has 84 valence electrons. The molecule has 0 saturated heterocycles. The minimum absolute atomic E-state index is 0.585. The minimum Gasteiger partial charge on any atom is -0.0732 e. The molecule has 0 radical (unpaired) electrons. The summed E-state index contributed by atoms with van der Waals surface area (Å²) in [7, 11) is 0. The van der Waals surface area contributed by atoms with Crippen molar-refractivity contribution in [3.05, 3.63) is 11.1 Å². The van der Waals surface area contributed by atoms with E-state index in [9.17, 15) is 0 Å². The van der Waals surface area contributed by atoms with Crippen molar-refractivity contribution in [2.75, 3.05) is 0 Å². The largest absolute Gasteiger partial charge is 0.0732 e. The third-order valence-electron chi connectivity index (χ3n) is 5.84. The van der Waals surface area contributed by atoms with Crippen molar-refractivity contribution in [3.8, 4) is 0 Å². The molecule has 2 fully saturated rings. The molecule has 0 aliphatic heterocycles. The Bertz CT molecular complexity index is 334. The van der Waals surface area contributed by atoms with Crippen LogP contribution in [-0.4, -0.2) is 0 Å². The molecular formula is C15H24. The van der Waals surface area contributed by atoms with Crippen molar-refractivity contribution in [2.24, 2.45) is 22.7 Å². The quantitative estimate of drug-likeness (QED) is 0.507.